The van der Waals surface area contributed by atoms with Crippen molar-refractivity contribution in [3.63, 3.8) is 0 Å². The second-order valence-electron chi connectivity index (χ2n) is 4.38. The Labute approximate surface area is 126 Å². The molecule has 0 saturated carbocycles. The summed E-state index contributed by atoms with van der Waals surface area (Å²) in [4.78, 5) is 23.5. The zero-order valence-corrected chi connectivity index (χ0v) is 12.9. The lowest BCUT2D eigenvalue weighted by Gasteiger charge is -2.15. The normalized spacial score (nSPS) is 11.8. The van der Waals surface area contributed by atoms with E-state index < -0.39 is 0 Å². The molecule has 2 amide bonds. The van der Waals surface area contributed by atoms with Crippen LogP contribution in [0.3, 0.4) is 0 Å². The number of carbonyl (C=O) groups excluding carboxylic acids is 2. The van der Waals surface area contributed by atoms with Crippen LogP contribution in [0.5, 0.6) is 0 Å². The summed E-state index contributed by atoms with van der Waals surface area (Å²) < 4.78 is 0.809. The minimum Gasteiger partial charge on any atom is -0.396 e. The molecule has 0 fully saturated rings. The molecule has 0 aliphatic rings. The van der Waals surface area contributed by atoms with E-state index in [2.05, 4.69) is 26.6 Å². The molecule has 20 heavy (non-hydrogen) atoms. The Morgan fingerprint density at radius 3 is 2.75 bits per heavy atom. The van der Waals surface area contributed by atoms with Gasteiger partial charge in [0, 0.05) is 22.7 Å². The van der Waals surface area contributed by atoms with Crippen LogP contribution < -0.4 is 10.6 Å². The average Bonchev–Trinajstić information content (AvgIpc) is 2.44. The monoisotopic (exact) mass is 342 g/mol. The molecule has 6 heteroatoms. The zero-order chi connectivity index (χ0) is 15.0. The summed E-state index contributed by atoms with van der Waals surface area (Å²) in [6.45, 7) is 1.89. The van der Waals surface area contributed by atoms with Crippen LogP contribution in [0.4, 0.5) is 0 Å². The third-order valence-corrected chi connectivity index (χ3v) is 3.33. The van der Waals surface area contributed by atoms with Gasteiger partial charge >= 0.3 is 0 Å². The number of halogens is 1. The third kappa shape index (κ3) is 5.71. The van der Waals surface area contributed by atoms with Gasteiger partial charge in [-0.3, -0.25) is 9.59 Å². The lowest BCUT2D eigenvalue weighted by molar-refractivity contribution is -0.120. The molecule has 0 spiro atoms. The smallest absolute Gasteiger partial charge is 0.251 e. The third-order valence-electron chi connectivity index (χ3n) is 2.83. The quantitative estimate of drug-likeness (QED) is 0.701. The molecule has 0 aliphatic carbocycles. The van der Waals surface area contributed by atoms with Crippen LogP contribution in [-0.2, 0) is 4.79 Å². The van der Waals surface area contributed by atoms with E-state index >= 15 is 0 Å². The number of carbonyl (C=O) groups is 2. The number of aliphatic hydroxyl groups is 1. The van der Waals surface area contributed by atoms with E-state index in [4.69, 9.17) is 5.11 Å². The summed E-state index contributed by atoms with van der Waals surface area (Å²) in [5.74, 6) is -0.551. The predicted molar refractivity (Wildman–Crippen MR) is 80.4 cm³/mol. The van der Waals surface area contributed by atoms with Gasteiger partial charge in [0.1, 0.15) is 0 Å². The number of amides is 2. The highest BCUT2D eigenvalue weighted by Gasteiger charge is 2.11. The first-order valence-electron chi connectivity index (χ1n) is 6.50. The Morgan fingerprint density at radius 1 is 1.40 bits per heavy atom. The van der Waals surface area contributed by atoms with Crippen LogP contribution in [0.25, 0.3) is 0 Å². The fourth-order valence-corrected chi connectivity index (χ4v) is 2.10. The summed E-state index contributed by atoms with van der Waals surface area (Å²) in [6, 6.07) is 6.89. The summed E-state index contributed by atoms with van der Waals surface area (Å²) >= 11 is 3.29. The molecule has 1 atom stereocenters. The minimum atomic E-state index is -0.295. The second kappa shape index (κ2) is 8.71. The first-order valence-corrected chi connectivity index (χ1v) is 7.30. The fourth-order valence-electron chi connectivity index (χ4n) is 1.71. The number of nitrogens with one attached hydrogen (secondary N) is 2. The number of rotatable bonds is 7. The highest BCUT2D eigenvalue weighted by Crippen LogP contribution is 2.11. The lowest BCUT2D eigenvalue weighted by atomic mass is 10.1. The largest absolute Gasteiger partial charge is 0.396 e. The summed E-state index contributed by atoms with van der Waals surface area (Å²) in [5.41, 5.74) is 0.495. The van der Waals surface area contributed by atoms with E-state index in [9.17, 15) is 9.59 Å². The van der Waals surface area contributed by atoms with E-state index in [1.165, 1.54) is 0 Å². The van der Waals surface area contributed by atoms with Crippen molar-refractivity contribution in [3.8, 4) is 0 Å². The van der Waals surface area contributed by atoms with Gasteiger partial charge in [0.25, 0.3) is 5.91 Å². The van der Waals surface area contributed by atoms with Crippen LogP contribution in [0.1, 0.15) is 30.1 Å². The Morgan fingerprint density at radius 2 is 2.15 bits per heavy atom. The van der Waals surface area contributed by atoms with Gasteiger partial charge < -0.3 is 15.7 Å². The topological polar surface area (TPSA) is 78.4 Å². The molecule has 0 bridgehead atoms. The van der Waals surface area contributed by atoms with Crippen LogP contribution in [0, 0.1) is 0 Å². The second-order valence-corrected chi connectivity index (χ2v) is 5.29. The first-order chi connectivity index (χ1) is 9.56. The molecule has 1 unspecified atom stereocenters. The average molecular weight is 343 g/mol. The SMILES string of the molecule is CCC(CCO)NC(=O)CNC(=O)c1cccc(Br)c1. The Hall–Kier alpha value is -1.40. The Bertz CT molecular complexity index is 465. The molecule has 110 valence electrons. The molecule has 0 saturated heterocycles. The number of aliphatic hydroxyl groups excluding tert-OH is 1. The Balaban J connectivity index is 2.42. The standard InChI is InChI=1S/C14H19BrN2O3/c1-2-12(6-7-18)17-13(19)9-16-14(20)10-4-3-5-11(15)8-10/h3-5,8,12,18H,2,6-7,9H2,1H3,(H,16,20)(H,17,19). The van der Waals surface area contributed by atoms with Gasteiger partial charge in [-0.25, -0.2) is 0 Å². The molecule has 1 aromatic rings. The van der Waals surface area contributed by atoms with Crippen LogP contribution in [-0.4, -0.2) is 36.1 Å². The van der Waals surface area contributed by atoms with Crippen LogP contribution >= 0.6 is 15.9 Å². The van der Waals surface area contributed by atoms with Gasteiger partial charge in [-0.05, 0) is 31.0 Å². The van der Waals surface area contributed by atoms with Gasteiger partial charge in [-0.1, -0.05) is 28.9 Å². The molecule has 5 nitrogen and oxygen atoms in total. The van der Waals surface area contributed by atoms with Crippen molar-refractivity contribution >= 4 is 27.7 Å². The van der Waals surface area contributed by atoms with Crippen molar-refractivity contribution in [2.24, 2.45) is 0 Å². The fraction of sp³-hybridized carbons (Fsp3) is 0.429. The molecular formula is C14H19BrN2O3. The molecule has 0 aliphatic heterocycles. The van der Waals surface area contributed by atoms with Crippen LogP contribution in [0.2, 0.25) is 0 Å². The number of benzene rings is 1. The minimum absolute atomic E-state index is 0.0309. The van der Waals surface area contributed by atoms with Crippen LogP contribution in [0.15, 0.2) is 28.7 Å². The predicted octanol–water partition coefficient (Wildman–Crippen LogP) is 1.46. The molecule has 1 aromatic carbocycles. The number of hydrogen-bond donors (Lipinski definition) is 3. The lowest BCUT2D eigenvalue weighted by Crippen LogP contribution is -2.42. The van der Waals surface area contributed by atoms with Gasteiger partial charge in [-0.15, -0.1) is 0 Å². The van der Waals surface area contributed by atoms with Crippen molar-refractivity contribution in [2.45, 2.75) is 25.8 Å². The molecule has 0 radical (unpaired) electrons. The molecule has 0 heterocycles. The van der Waals surface area contributed by atoms with Crippen molar-refractivity contribution in [3.05, 3.63) is 34.3 Å². The molecule has 0 aromatic heterocycles. The maximum Gasteiger partial charge on any atom is 0.251 e. The maximum absolute atomic E-state index is 11.8. The van der Waals surface area contributed by atoms with Gasteiger partial charge in [0.15, 0.2) is 0 Å². The maximum atomic E-state index is 11.8. The van der Waals surface area contributed by atoms with Gasteiger partial charge in [0.05, 0.1) is 6.54 Å². The highest BCUT2D eigenvalue weighted by atomic mass is 79.9. The molecule has 1 rings (SSSR count). The van der Waals surface area contributed by atoms with E-state index in [1.807, 2.05) is 13.0 Å². The van der Waals surface area contributed by atoms with E-state index in [0.717, 1.165) is 10.9 Å². The van der Waals surface area contributed by atoms with Crippen molar-refractivity contribution in [2.75, 3.05) is 13.2 Å². The van der Waals surface area contributed by atoms with Crippen molar-refractivity contribution in [1.29, 1.82) is 0 Å². The highest BCUT2D eigenvalue weighted by molar-refractivity contribution is 9.10. The van der Waals surface area contributed by atoms with E-state index in [1.54, 1.807) is 18.2 Å². The van der Waals surface area contributed by atoms with Gasteiger partial charge in [-0.2, -0.15) is 0 Å². The Kier molecular flexibility index (Phi) is 7.25. The zero-order valence-electron chi connectivity index (χ0n) is 11.4. The first kappa shape index (κ1) is 16.7. The van der Waals surface area contributed by atoms with Crippen molar-refractivity contribution < 1.29 is 14.7 Å². The summed E-state index contributed by atoms with van der Waals surface area (Å²) in [6.07, 6.45) is 1.26. The molecular weight excluding hydrogens is 324 g/mol. The van der Waals surface area contributed by atoms with E-state index in [-0.39, 0.29) is 31.0 Å². The molecule has 3 N–H and O–H groups in total. The van der Waals surface area contributed by atoms with Gasteiger partial charge in [0.2, 0.25) is 5.91 Å². The van der Waals surface area contributed by atoms with Crippen molar-refractivity contribution in [1.82, 2.24) is 10.6 Å². The summed E-state index contributed by atoms with van der Waals surface area (Å²) in [7, 11) is 0. The van der Waals surface area contributed by atoms with E-state index in [0.29, 0.717) is 12.0 Å². The summed E-state index contributed by atoms with van der Waals surface area (Å²) in [5, 5.41) is 14.2. The number of hydrogen-bond acceptors (Lipinski definition) is 3.